The molecule has 1 saturated heterocycles. The predicted molar refractivity (Wildman–Crippen MR) is 71.0 cm³/mol. The molecule has 4 heteroatoms. The van der Waals surface area contributed by atoms with Crippen LogP contribution in [0.4, 0.5) is 0 Å². The number of nitriles is 1. The Hall–Kier alpha value is -0.890. The third kappa shape index (κ3) is 4.12. The fraction of sp³-hybridized carbons (Fsp3) is 0.615. The molecule has 1 aliphatic rings. The van der Waals surface area contributed by atoms with E-state index in [1.54, 1.807) is 11.3 Å². The minimum absolute atomic E-state index is 0.781. The van der Waals surface area contributed by atoms with Crippen LogP contribution >= 0.6 is 11.3 Å². The van der Waals surface area contributed by atoms with E-state index < -0.39 is 0 Å². The first-order valence-electron chi connectivity index (χ1n) is 6.29. The summed E-state index contributed by atoms with van der Waals surface area (Å²) in [6, 6.07) is 4.13. The van der Waals surface area contributed by atoms with Crippen LogP contribution in [0.2, 0.25) is 0 Å². The molecule has 0 saturated carbocycles. The van der Waals surface area contributed by atoms with E-state index in [4.69, 9.17) is 5.26 Å². The minimum atomic E-state index is 0.781. The van der Waals surface area contributed by atoms with Gasteiger partial charge in [0.15, 0.2) is 0 Å². The van der Waals surface area contributed by atoms with Gasteiger partial charge in [0.05, 0.1) is 5.56 Å². The molecule has 17 heavy (non-hydrogen) atoms. The SMILES string of the molecule is N#Cc1csc(CNCCCN2CCCC2)c1. The Balaban J connectivity index is 1.55. The third-order valence-electron chi connectivity index (χ3n) is 3.11. The molecule has 0 aromatic carbocycles. The van der Waals surface area contributed by atoms with Gasteiger partial charge in [-0.2, -0.15) is 5.26 Å². The summed E-state index contributed by atoms with van der Waals surface area (Å²) in [5.41, 5.74) is 0.781. The number of nitrogens with one attached hydrogen (secondary N) is 1. The monoisotopic (exact) mass is 249 g/mol. The fourth-order valence-corrected chi connectivity index (χ4v) is 2.96. The van der Waals surface area contributed by atoms with Gasteiger partial charge >= 0.3 is 0 Å². The van der Waals surface area contributed by atoms with Crippen molar-refractivity contribution in [3.8, 4) is 6.07 Å². The van der Waals surface area contributed by atoms with Crippen LogP contribution < -0.4 is 5.32 Å². The highest BCUT2D eigenvalue weighted by molar-refractivity contribution is 7.10. The molecule has 1 aromatic rings. The number of thiophene rings is 1. The highest BCUT2D eigenvalue weighted by Crippen LogP contribution is 2.13. The molecule has 92 valence electrons. The van der Waals surface area contributed by atoms with Crippen molar-refractivity contribution in [1.82, 2.24) is 10.2 Å². The van der Waals surface area contributed by atoms with Crippen molar-refractivity contribution in [1.29, 1.82) is 5.26 Å². The average molecular weight is 249 g/mol. The normalized spacial score (nSPS) is 16.2. The zero-order chi connectivity index (χ0) is 11.9. The summed E-state index contributed by atoms with van der Waals surface area (Å²) in [5, 5.41) is 14.1. The quantitative estimate of drug-likeness (QED) is 0.786. The zero-order valence-corrected chi connectivity index (χ0v) is 10.9. The number of hydrogen-bond donors (Lipinski definition) is 1. The van der Waals surface area contributed by atoms with Crippen LogP contribution in [0.25, 0.3) is 0 Å². The third-order valence-corrected chi connectivity index (χ3v) is 4.05. The van der Waals surface area contributed by atoms with Gasteiger partial charge < -0.3 is 10.2 Å². The molecular weight excluding hydrogens is 230 g/mol. The standard InChI is InChI=1S/C13H19N3S/c14-9-12-8-13(17-11-12)10-15-4-3-7-16-5-1-2-6-16/h8,11,15H,1-7,10H2. The van der Waals surface area contributed by atoms with Crippen LogP contribution in [0.3, 0.4) is 0 Å². The lowest BCUT2D eigenvalue weighted by atomic mass is 10.3. The Bertz CT molecular complexity index is 374. The number of likely N-dealkylation sites (tertiary alicyclic amines) is 1. The van der Waals surface area contributed by atoms with Gasteiger partial charge in [-0.25, -0.2) is 0 Å². The summed E-state index contributed by atoms with van der Waals surface area (Å²) in [4.78, 5) is 3.79. The smallest absolute Gasteiger partial charge is 0.100 e. The lowest BCUT2D eigenvalue weighted by molar-refractivity contribution is 0.331. The molecular formula is C13H19N3S. The molecule has 2 heterocycles. The van der Waals surface area contributed by atoms with Crippen LogP contribution in [0, 0.1) is 11.3 Å². The summed E-state index contributed by atoms with van der Waals surface area (Å²) in [7, 11) is 0. The van der Waals surface area contributed by atoms with Crippen molar-refractivity contribution in [3.63, 3.8) is 0 Å². The molecule has 0 radical (unpaired) electrons. The molecule has 1 fully saturated rings. The summed E-state index contributed by atoms with van der Waals surface area (Å²) < 4.78 is 0. The molecule has 1 N–H and O–H groups in total. The van der Waals surface area contributed by atoms with Gasteiger partial charge in [-0.1, -0.05) is 0 Å². The molecule has 0 atom stereocenters. The predicted octanol–water partition coefficient (Wildman–Crippen LogP) is 2.20. The molecule has 0 amide bonds. The fourth-order valence-electron chi connectivity index (χ4n) is 2.18. The highest BCUT2D eigenvalue weighted by Gasteiger charge is 2.09. The molecule has 0 aliphatic carbocycles. The second kappa shape index (κ2) is 6.75. The van der Waals surface area contributed by atoms with Crippen molar-refractivity contribution in [2.75, 3.05) is 26.2 Å². The summed E-state index contributed by atoms with van der Waals surface area (Å²) in [5.74, 6) is 0. The number of hydrogen-bond acceptors (Lipinski definition) is 4. The van der Waals surface area contributed by atoms with Gasteiger partial charge in [0.25, 0.3) is 0 Å². The molecule has 0 bridgehead atoms. The van der Waals surface area contributed by atoms with Crippen LogP contribution in [0.15, 0.2) is 11.4 Å². The summed E-state index contributed by atoms with van der Waals surface area (Å²) in [6.07, 6.45) is 3.97. The topological polar surface area (TPSA) is 39.1 Å². The Morgan fingerprint density at radius 1 is 1.41 bits per heavy atom. The van der Waals surface area contributed by atoms with Gasteiger partial charge in [-0.3, -0.25) is 0 Å². The molecule has 0 spiro atoms. The van der Waals surface area contributed by atoms with E-state index in [0.29, 0.717) is 0 Å². The maximum absolute atomic E-state index is 8.71. The van der Waals surface area contributed by atoms with Crippen molar-refractivity contribution in [3.05, 3.63) is 21.9 Å². The molecule has 2 rings (SSSR count). The van der Waals surface area contributed by atoms with E-state index >= 15 is 0 Å². The largest absolute Gasteiger partial charge is 0.312 e. The van der Waals surface area contributed by atoms with E-state index in [9.17, 15) is 0 Å². The van der Waals surface area contributed by atoms with Crippen LogP contribution in [0.5, 0.6) is 0 Å². The molecule has 1 aliphatic heterocycles. The van der Waals surface area contributed by atoms with Gasteiger partial charge in [0.2, 0.25) is 0 Å². The summed E-state index contributed by atoms with van der Waals surface area (Å²) >= 11 is 1.66. The Kier molecular flexibility index (Phi) is 4.99. The van der Waals surface area contributed by atoms with E-state index in [0.717, 1.165) is 18.7 Å². The van der Waals surface area contributed by atoms with E-state index in [1.165, 1.54) is 43.8 Å². The lowest BCUT2D eigenvalue weighted by Crippen LogP contribution is -2.24. The van der Waals surface area contributed by atoms with Crippen molar-refractivity contribution < 1.29 is 0 Å². The maximum atomic E-state index is 8.71. The van der Waals surface area contributed by atoms with Crippen LogP contribution in [-0.4, -0.2) is 31.1 Å². The van der Waals surface area contributed by atoms with Gasteiger partial charge in [-0.15, -0.1) is 11.3 Å². The maximum Gasteiger partial charge on any atom is 0.100 e. The first-order valence-corrected chi connectivity index (χ1v) is 7.17. The first kappa shape index (κ1) is 12.6. The summed E-state index contributed by atoms with van der Waals surface area (Å²) in [6.45, 7) is 5.76. The van der Waals surface area contributed by atoms with E-state index in [-0.39, 0.29) is 0 Å². The van der Waals surface area contributed by atoms with Crippen molar-refractivity contribution in [2.24, 2.45) is 0 Å². The molecule has 3 nitrogen and oxygen atoms in total. The zero-order valence-electron chi connectivity index (χ0n) is 10.1. The van der Waals surface area contributed by atoms with E-state index in [2.05, 4.69) is 16.3 Å². The Labute approximate surface area is 107 Å². The van der Waals surface area contributed by atoms with Crippen LogP contribution in [-0.2, 0) is 6.54 Å². The lowest BCUT2D eigenvalue weighted by Gasteiger charge is -2.13. The molecule has 0 unspecified atom stereocenters. The second-order valence-electron chi connectivity index (χ2n) is 4.49. The molecule has 1 aromatic heterocycles. The average Bonchev–Trinajstić information content (AvgIpc) is 2.99. The van der Waals surface area contributed by atoms with Crippen molar-refractivity contribution >= 4 is 11.3 Å². The van der Waals surface area contributed by atoms with Gasteiger partial charge in [-0.05, 0) is 51.5 Å². The second-order valence-corrected chi connectivity index (χ2v) is 5.49. The highest BCUT2D eigenvalue weighted by atomic mass is 32.1. The van der Waals surface area contributed by atoms with E-state index in [1.807, 2.05) is 11.4 Å². The number of rotatable bonds is 6. The number of nitrogens with zero attached hydrogens (tertiary/aromatic N) is 2. The Morgan fingerprint density at radius 2 is 2.24 bits per heavy atom. The van der Waals surface area contributed by atoms with Gasteiger partial charge in [0, 0.05) is 16.8 Å². The Morgan fingerprint density at radius 3 is 2.94 bits per heavy atom. The first-order chi connectivity index (χ1) is 8.38. The van der Waals surface area contributed by atoms with Gasteiger partial charge in [0.1, 0.15) is 6.07 Å². The minimum Gasteiger partial charge on any atom is -0.312 e. The van der Waals surface area contributed by atoms with Crippen molar-refractivity contribution in [2.45, 2.75) is 25.8 Å². The van der Waals surface area contributed by atoms with Crippen LogP contribution in [0.1, 0.15) is 29.7 Å².